The average Bonchev–Trinajstić information content (AvgIpc) is 2.90. The second-order valence-electron chi connectivity index (χ2n) is 3.08. The van der Waals surface area contributed by atoms with Gasteiger partial charge in [-0.1, -0.05) is 20.6 Å². The number of H-pyrrole nitrogens is 2. The molecule has 2 aromatic rings. The number of carbonyl (C=O) groups is 2. The molecule has 2 aromatic heterocycles. The van der Waals surface area contributed by atoms with E-state index in [9.17, 15) is 19.8 Å². The smallest absolute Gasteiger partial charge is 0.548 e. The molecule has 0 atom stereocenters. The number of carboxylic acids is 2. The first kappa shape index (κ1) is 25.0. The first-order chi connectivity index (χ1) is 9.40. The Bertz CT molecular complexity index is 647. The van der Waals surface area contributed by atoms with Crippen molar-refractivity contribution in [2.75, 3.05) is 0 Å². The molecule has 12 nitrogen and oxygen atoms in total. The number of aromatic amines is 2. The van der Waals surface area contributed by atoms with Crippen molar-refractivity contribution >= 4 is 36.4 Å². The number of nitrogens with one attached hydrogen (secondary N) is 2. The Morgan fingerprint density at radius 3 is 1.41 bits per heavy atom. The Kier molecular flexibility index (Phi) is 14.9. The van der Waals surface area contributed by atoms with Gasteiger partial charge in [0.2, 0.25) is 9.54 Å². The van der Waals surface area contributed by atoms with E-state index < -0.39 is 11.9 Å². The Morgan fingerprint density at radius 1 is 0.909 bits per heavy atom. The summed E-state index contributed by atoms with van der Waals surface area (Å²) < 4.78 is 2.38. The first-order valence-corrected chi connectivity index (χ1v) is 5.57. The van der Waals surface area contributed by atoms with Gasteiger partial charge in [-0.25, -0.2) is 9.36 Å². The van der Waals surface area contributed by atoms with Gasteiger partial charge in [0.1, 0.15) is 0 Å². The van der Waals surface area contributed by atoms with E-state index in [2.05, 4.69) is 55.5 Å². The van der Waals surface area contributed by atoms with Crippen LogP contribution in [0.4, 0.5) is 0 Å². The molecule has 2 N–H and O–H groups in total. The van der Waals surface area contributed by atoms with Crippen molar-refractivity contribution in [1.29, 1.82) is 0 Å². The van der Waals surface area contributed by atoms with Gasteiger partial charge in [0.15, 0.2) is 0 Å². The first-order valence-electron chi connectivity index (χ1n) is 4.75. The molecular weight excluding hydrogens is 390 g/mol. The fourth-order valence-corrected chi connectivity index (χ4v) is 1.19. The van der Waals surface area contributed by atoms with Crippen LogP contribution in [0.2, 0.25) is 0 Å². The van der Waals surface area contributed by atoms with Gasteiger partial charge in [0, 0.05) is 0 Å². The Labute approximate surface area is 217 Å². The number of hydrogen-bond donors (Lipinski definition) is 2. The van der Waals surface area contributed by atoms with E-state index in [0.29, 0.717) is 0 Å². The topological polar surface area (TPSA) is 173 Å². The predicted octanol–water partition coefficient (Wildman–Crippen LogP) is -9.82. The summed E-state index contributed by atoms with van der Waals surface area (Å²) in [5.41, 5.74) is 0. The third kappa shape index (κ3) is 9.83. The number of carbonyl (C=O) groups excluding carboxylic acids is 2. The molecule has 0 bridgehead atoms. The Morgan fingerprint density at radius 2 is 1.23 bits per heavy atom. The van der Waals surface area contributed by atoms with Crippen LogP contribution in [0.25, 0.3) is 0 Å². The van der Waals surface area contributed by atoms with E-state index in [4.69, 9.17) is 0 Å². The molecule has 108 valence electrons. The normalized spacial score (nSPS) is 8.73. The SMILES string of the molecule is O=C([O-])Cn1[nH]nnc1=S.O=C([O-])Cn1[nH]nnc1=S.[K+].[K+]. The molecule has 0 amide bonds. The maximum absolute atomic E-state index is 9.97. The second-order valence-corrected chi connectivity index (χ2v) is 3.81. The van der Waals surface area contributed by atoms with Gasteiger partial charge in [-0.3, -0.25) is 0 Å². The summed E-state index contributed by atoms with van der Waals surface area (Å²) in [4.78, 5) is 19.9. The minimum atomic E-state index is -1.23. The summed E-state index contributed by atoms with van der Waals surface area (Å²) in [6.07, 6.45) is 0. The van der Waals surface area contributed by atoms with Gasteiger partial charge < -0.3 is 19.8 Å². The Balaban J connectivity index is 0. The summed E-state index contributed by atoms with van der Waals surface area (Å²) in [7, 11) is 0. The third-order valence-electron chi connectivity index (χ3n) is 1.64. The van der Waals surface area contributed by atoms with Crippen LogP contribution in [0.5, 0.6) is 0 Å². The largest absolute Gasteiger partial charge is 1.00 e. The molecule has 0 spiro atoms. The summed E-state index contributed by atoms with van der Waals surface area (Å²) in [5.74, 6) is -2.47. The van der Waals surface area contributed by atoms with Gasteiger partial charge in [0.25, 0.3) is 0 Å². The molecule has 0 radical (unpaired) electrons. The molecule has 0 aliphatic rings. The molecule has 0 unspecified atom stereocenters. The van der Waals surface area contributed by atoms with Crippen LogP contribution in [0, 0.1) is 9.54 Å². The average molecular weight is 396 g/mol. The molecule has 2 rings (SSSR count). The van der Waals surface area contributed by atoms with Gasteiger partial charge >= 0.3 is 103 Å². The minimum absolute atomic E-state index is 0. The van der Waals surface area contributed by atoms with Crippen LogP contribution in [0.15, 0.2) is 0 Å². The molecule has 2 heterocycles. The molecule has 0 aliphatic heterocycles. The summed E-state index contributed by atoms with van der Waals surface area (Å²) in [6.45, 7) is -0.683. The van der Waals surface area contributed by atoms with Crippen molar-refractivity contribution in [3.8, 4) is 0 Å². The molecule has 22 heavy (non-hydrogen) atoms. The molecule has 0 saturated carbocycles. The van der Waals surface area contributed by atoms with Gasteiger partial charge in [-0.2, -0.15) is 10.4 Å². The number of nitrogens with zero attached hydrogens (tertiary/aromatic N) is 6. The minimum Gasteiger partial charge on any atom is -0.548 e. The van der Waals surface area contributed by atoms with Crippen molar-refractivity contribution in [3.63, 3.8) is 0 Å². The van der Waals surface area contributed by atoms with E-state index in [1.165, 1.54) is 0 Å². The van der Waals surface area contributed by atoms with E-state index in [1.807, 2.05) is 0 Å². The maximum atomic E-state index is 9.97. The summed E-state index contributed by atoms with van der Waals surface area (Å²) in [6, 6.07) is 0. The zero-order valence-electron chi connectivity index (χ0n) is 11.5. The van der Waals surface area contributed by atoms with Crippen LogP contribution in [-0.4, -0.2) is 52.4 Å². The molecule has 0 aromatic carbocycles. The van der Waals surface area contributed by atoms with Crippen molar-refractivity contribution in [1.82, 2.24) is 40.4 Å². The van der Waals surface area contributed by atoms with Crippen LogP contribution >= 0.6 is 24.4 Å². The van der Waals surface area contributed by atoms with Gasteiger partial charge in [-0.15, -0.1) is 0 Å². The summed E-state index contributed by atoms with van der Waals surface area (Å²) in [5, 5.41) is 37.7. The number of rotatable bonds is 4. The monoisotopic (exact) mass is 396 g/mol. The van der Waals surface area contributed by atoms with Crippen LogP contribution in [0.3, 0.4) is 0 Å². The van der Waals surface area contributed by atoms with E-state index in [-0.39, 0.29) is 125 Å². The second kappa shape index (κ2) is 13.1. The molecule has 0 aliphatic carbocycles. The Hall–Kier alpha value is 0.793. The van der Waals surface area contributed by atoms with Crippen LogP contribution in [-0.2, 0) is 22.7 Å². The van der Waals surface area contributed by atoms with Crippen LogP contribution < -0.4 is 113 Å². The summed E-state index contributed by atoms with van der Waals surface area (Å²) >= 11 is 9.14. The number of hydrogen-bond acceptors (Lipinski definition) is 10. The molecular formula is C6H6K2N8O4S2. The molecule has 0 fully saturated rings. The third-order valence-corrected chi connectivity index (χ3v) is 2.24. The zero-order chi connectivity index (χ0) is 15.1. The van der Waals surface area contributed by atoms with E-state index in [1.54, 1.807) is 0 Å². The maximum Gasteiger partial charge on any atom is 1.00 e. The number of tetrazole rings is 2. The standard InChI is InChI=1S/2C3H4N4O2S.2K/c2*8-2(9)1-7-3(10)4-5-6-7;;/h2*1H2,(H,8,9)(H,4,6,10);;/q;;2*+1/p-2. The number of carboxylic acid groups (broad SMARTS) is 2. The predicted molar refractivity (Wildman–Crippen MR) is 60.4 cm³/mol. The fourth-order valence-electron chi connectivity index (χ4n) is 0.896. The van der Waals surface area contributed by atoms with Gasteiger partial charge in [0.05, 0.1) is 25.0 Å². The number of aliphatic carboxylic acids is 2. The molecule has 16 heteroatoms. The van der Waals surface area contributed by atoms with Crippen molar-refractivity contribution in [3.05, 3.63) is 9.54 Å². The number of aromatic nitrogens is 8. The van der Waals surface area contributed by atoms with Crippen molar-refractivity contribution in [2.45, 2.75) is 13.1 Å². The van der Waals surface area contributed by atoms with Crippen molar-refractivity contribution in [2.24, 2.45) is 0 Å². The van der Waals surface area contributed by atoms with Gasteiger partial charge in [-0.05, 0) is 24.4 Å². The quantitative estimate of drug-likeness (QED) is 0.373. The van der Waals surface area contributed by atoms with E-state index >= 15 is 0 Å². The van der Waals surface area contributed by atoms with Crippen molar-refractivity contribution < 1.29 is 123 Å². The zero-order valence-corrected chi connectivity index (χ0v) is 19.4. The van der Waals surface area contributed by atoms with Crippen LogP contribution in [0.1, 0.15) is 0 Å². The van der Waals surface area contributed by atoms with E-state index in [0.717, 1.165) is 9.36 Å². The fraction of sp³-hybridized carbons (Fsp3) is 0.333. The molecule has 0 saturated heterocycles.